The minimum atomic E-state index is -0.199. The van der Waals surface area contributed by atoms with Crippen LogP contribution in [0.1, 0.15) is 27.3 Å². The number of para-hydroxylation sites is 2. The molecule has 1 amide bonds. The van der Waals surface area contributed by atoms with E-state index in [0.717, 1.165) is 16.9 Å². The van der Waals surface area contributed by atoms with Crippen LogP contribution < -0.4 is 14.8 Å². The first-order valence-corrected chi connectivity index (χ1v) is 10.1. The molecule has 6 nitrogen and oxygen atoms in total. The number of carbonyl (C=O) groups is 1. The molecule has 0 aliphatic heterocycles. The molecule has 31 heavy (non-hydrogen) atoms. The molecule has 4 rings (SSSR count). The summed E-state index contributed by atoms with van der Waals surface area (Å²) in [5.74, 6) is 1.70. The summed E-state index contributed by atoms with van der Waals surface area (Å²) < 4.78 is 12.7. The maximum atomic E-state index is 12.8. The van der Waals surface area contributed by atoms with Crippen LogP contribution in [0.4, 0.5) is 0 Å². The Balaban J connectivity index is 1.58. The smallest absolute Gasteiger partial charge is 0.251 e. The number of hydrogen-bond acceptors (Lipinski definition) is 4. The summed E-state index contributed by atoms with van der Waals surface area (Å²) in [6.45, 7) is 3.07. The Hall–Kier alpha value is -3.80. The summed E-state index contributed by atoms with van der Waals surface area (Å²) in [4.78, 5) is 17.5. The molecule has 1 N–H and O–H groups in total. The second-order valence-corrected chi connectivity index (χ2v) is 7.34. The van der Waals surface area contributed by atoms with Gasteiger partial charge in [0.25, 0.3) is 5.91 Å². The average molecular weight is 415 g/mol. The first kappa shape index (κ1) is 20.5. The van der Waals surface area contributed by atoms with Gasteiger partial charge in [-0.25, -0.2) is 4.98 Å². The molecule has 0 aliphatic rings. The first-order valence-electron chi connectivity index (χ1n) is 10.1. The fourth-order valence-corrected chi connectivity index (χ4v) is 3.55. The fraction of sp³-hybridized carbons (Fsp3) is 0.200. The zero-order valence-corrected chi connectivity index (χ0v) is 17.9. The Morgan fingerprint density at radius 3 is 2.45 bits per heavy atom. The van der Waals surface area contributed by atoms with E-state index in [1.807, 2.05) is 18.2 Å². The molecule has 3 aromatic carbocycles. The number of hydrogen-bond donors (Lipinski definition) is 1. The van der Waals surface area contributed by atoms with Gasteiger partial charge in [0, 0.05) is 12.1 Å². The van der Waals surface area contributed by atoms with E-state index >= 15 is 0 Å². The highest BCUT2D eigenvalue weighted by Gasteiger charge is 2.14. The summed E-state index contributed by atoms with van der Waals surface area (Å²) in [6, 6.07) is 21.6. The molecule has 0 saturated heterocycles. The van der Waals surface area contributed by atoms with Crippen LogP contribution in [-0.4, -0.2) is 29.7 Å². The maximum absolute atomic E-state index is 12.8. The van der Waals surface area contributed by atoms with E-state index in [1.54, 1.807) is 32.4 Å². The summed E-state index contributed by atoms with van der Waals surface area (Å²) >= 11 is 0. The molecule has 0 radical (unpaired) electrons. The number of methoxy groups -OCH3 is 2. The topological polar surface area (TPSA) is 65.4 Å². The molecular formula is C25H25N3O3. The van der Waals surface area contributed by atoms with E-state index in [-0.39, 0.29) is 5.91 Å². The van der Waals surface area contributed by atoms with E-state index in [4.69, 9.17) is 14.5 Å². The molecular weight excluding hydrogens is 390 g/mol. The molecule has 0 bridgehead atoms. The molecule has 0 saturated carbocycles. The van der Waals surface area contributed by atoms with Crippen LogP contribution in [0.15, 0.2) is 66.7 Å². The lowest BCUT2D eigenvalue weighted by molar-refractivity contribution is 0.0949. The van der Waals surface area contributed by atoms with Gasteiger partial charge in [0.15, 0.2) is 11.5 Å². The van der Waals surface area contributed by atoms with Crippen molar-refractivity contribution in [3.8, 4) is 11.5 Å². The number of fused-ring (bicyclic) bond motifs is 1. The Morgan fingerprint density at radius 2 is 1.71 bits per heavy atom. The van der Waals surface area contributed by atoms with Gasteiger partial charge in [0.1, 0.15) is 5.82 Å². The normalized spacial score (nSPS) is 10.8. The van der Waals surface area contributed by atoms with Crippen molar-refractivity contribution >= 4 is 16.9 Å². The molecule has 1 heterocycles. The largest absolute Gasteiger partial charge is 0.493 e. The highest BCUT2D eigenvalue weighted by molar-refractivity contribution is 5.94. The third-order valence-electron chi connectivity index (χ3n) is 5.25. The lowest BCUT2D eigenvalue weighted by Crippen LogP contribution is -2.25. The minimum absolute atomic E-state index is 0.199. The number of aryl methyl sites for hydroxylation is 1. The SMILES string of the molecule is COc1ccc(C(=O)NCc2nc3ccccc3n2Cc2ccc(C)cc2)cc1OC. The van der Waals surface area contributed by atoms with E-state index in [1.165, 1.54) is 11.1 Å². The van der Waals surface area contributed by atoms with Crippen LogP contribution >= 0.6 is 0 Å². The van der Waals surface area contributed by atoms with E-state index in [9.17, 15) is 4.79 Å². The molecule has 0 unspecified atom stereocenters. The number of nitrogens with zero attached hydrogens (tertiary/aromatic N) is 2. The number of aromatic nitrogens is 2. The van der Waals surface area contributed by atoms with Gasteiger partial charge in [-0.3, -0.25) is 4.79 Å². The predicted octanol–water partition coefficient (Wildman–Crippen LogP) is 4.34. The first-order chi connectivity index (χ1) is 15.1. The van der Waals surface area contributed by atoms with Crippen LogP contribution in [0.5, 0.6) is 11.5 Å². The second-order valence-electron chi connectivity index (χ2n) is 7.34. The second kappa shape index (κ2) is 8.92. The predicted molar refractivity (Wildman–Crippen MR) is 121 cm³/mol. The monoisotopic (exact) mass is 415 g/mol. The lowest BCUT2D eigenvalue weighted by atomic mass is 10.1. The molecule has 158 valence electrons. The van der Waals surface area contributed by atoms with Crippen LogP contribution in [0.3, 0.4) is 0 Å². The Morgan fingerprint density at radius 1 is 0.968 bits per heavy atom. The van der Waals surface area contributed by atoms with E-state index in [2.05, 4.69) is 47.1 Å². The standard InChI is InChI=1S/C25H25N3O3/c1-17-8-10-18(11-9-17)16-28-21-7-5-4-6-20(21)27-24(28)15-26-25(29)19-12-13-22(30-2)23(14-19)31-3/h4-14H,15-16H2,1-3H3,(H,26,29). The third-order valence-corrected chi connectivity index (χ3v) is 5.25. The van der Waals surface area contributed by atoms with Crippen molar-refractivity contribution in [3.05, 3.63) is 89.2 Å². The van der Waals surface area contributed by atoms with Crippen molar-refractivity contribution < 1.29 is 14.3 Å². The zero-order chi connectivity index (χ0) is 21.8. The Labute approximate surface area is 181 Å². The molecule has 6 heteroatoms. The number of carbonyl (C=O) groups excluding carboxylic acids is 1. The fourth-order valence-electron chi connectivity index (χ4n) is 3.55. The number of ether oxygens (including phenoxy) is 2. The summed E-state index contributed by atoms with van der Waals surface area (Å²) in [6.07, 6.45) is 0. The third kappa shape index (κ3) is 4.38. The number of rotatable bonds is 7. The van der Waals surface area contributed by atoms with Crippen molar-refractivity contribution in [1.29, 1.82) is 0 Å². The number of amides is 1. The highest BCUT2D eigenvalue weighted by atomic mass is 16.5. The number of imidazole rings is 1. The molecule has 0 atom stereocenters. The zero-order valence-electron chi connectivity index (χ0n) is 17.9. The minimum Gasteiger partial charge on any atom is -0.493 e. The summed E-state index contributed by atoms with van der Waals surface area (Å²) in [5, 5.41) is 2.98. The number of nitrogens with one attached hydrogen (secondary N) is 1. The molecule has 1 aromatic heterocycles. The van der Waals surface area contributed by atoms with Gasteiger partial charge in [-0.15, -0.1) is 0 Å². The van der Waals surface area contributed by atoms with Crippen molar-refractivity contribution in [2.75, 3.05) is 14.2 Å². The van der Waals surface area contributed by atoms with Crippen molar-refractivity contribution in [1.82, 2.24) is 14.9 Å². The Bertz CT molecular complexity index is 1210. The van der Waals surface area contributed by atoms with Gasteiger partial charge in [-0.1, -0.05) is 42.0 Å². The molecule has 0 aliphatic carbocycles. The lowest BCUT2D eigenvalue weighted by Gasteiger charge is -2.12. The van der Waals surface area contributed by atoms with Crippen LogP contribution in [-0.2, 0) is 13.1 Å². The van der Waals surface area contributed by atoms with Gasteiger partial charge in [0.05, 0.1) is 31.8 Å². The van der Waals surface area contributed by atoms with Gasteiger partial charge < -0.3 is 19.4 Å². The highest BCUT2D eigenvalue weighted by Crippen LogP contribution is 2.27. The van der Waals surface area contributed by atoms with Crippen molar-refractivity contribution in [2.45, 2.75) is 20.0 Å². The number of benzene rings is 3. The molecule has 4 aromatic rings. The van der Waals surface area contributed by atoms with Crippen LogP contribution in [0.2, 0.25) is 0 Å². The summed E-state index contributed by atoms with van der Waals surface area (Å²) in [7, 11) is 3.11. The average Bonchev–Trinajstić information content (AvgIpc) is 3.15. The van der Waals surface area contributed by atoms with Gasteiger partial charge >= 0.3 is 0 Å². The molecule has 0 fully saturated rings. The van der Waals surface area contributed by atoms with Gasteiger partial charge in [-0.05, 0) is 42.8 Å². The maximum Gasteiger partial charge on any atom is 0.251 e. The molecule has 0 spiro atoms. The van der Waals surface area contributed by atoms with E-state index < -0.39 is 0 Å². The van der Waals surface area contributed by atoms with Gasteiger partial charge in [-0.2, -0.15) is 0 Å². The van der Waals surface area contributed by atoms with E-state index in [0.29, 0.717) is 30.2 Å². The summed E-state index contributed by atoms with van der Waals surface area (Å²) in [5.41, 5.74) is 4.85. The van der Waals surface area contributed by atoms with Crippen LogP contribution in [0.25, 0.3) is 11.0 Å². The quantitative estimate of drug-likeness (QED) is 0.488. The van der Waals surface area contributed by atoms with Crippen molar-refractivity contribution in [3.63, 3.8) is 0 Å². The Kier molecular flexibility index (Phi) is 5.89. The van der Waals surface area contributed by atoms with Crippen molar-refractivity contribution in [2.24, 2.45) is 0 Å². The van der Waals surface area contributed by atoms with Crippen LogP contribution in [0, 0.1) is 6.92 Å². The van der Waals surface area contributed by atoms with Gasteiger partial charge in [0.2, 0.25) is 0 Å².